The molecule has 104 valence electrons. The van der Waals surface area contributed by atoms with Crippen LogP contribution in [0.25, 0.3) is 0 Å². The van der Waals surface area contributed by atoms with Crippen LogP contribution in [0.4, 0.5) is 5.69 Å². The molecule has 0 saturated heterocycles. The van der Waals surface area contributed by atoms with Crippen molar-refractivity contribution < 1.29 is 9.53 Å². The number of nitrogens with one attached hydrogen (secondary N) is 1. The van der Waals surface area contributed by atoms with Gasteiger partial charge < -0.3 is 15.8 Å². The van der Waals surface area contributed by atoms with Crippen LogP contribution in [0.3, 0.4) is 0 Å². The Morgan fingerprint density at radius 3 is 2.89 bits per heavy atom. The van der Waals surface area contributed by atoms with Gasteiger partial charge in [0.15, 0.2) is 0 Å². The summed E-state index contributed by atoms with van der Waals surface area (Å²) in [5, 5.41) is 2.79. The summed E-state index contributed by atoms with van der Waals surface area (Å²) in [6.45, 7) is 8.10. The number of amides is 1. The van der Waals surface area contributed by atoms with Crippen LogP contribution in [0.2, 0.25) is 0 Å². The summed E-state index contributed by atoms with van der Waals surface area (Å²) in [5.41, 5.74) is 6.51. The van der Waals surface area contributed by atoms with Crippen molar-refractivity contribution in [3.63, 3.8) is 0 Å². The van der Waals surface area contributed by atoms with Crippen molar-refractivity contribution in [2.75, 3.05) is 11.9 Å². The molecule has 1 amide bonds. The van der Waals surface area contributed by atoms with Crippen LogP contribution >= 0.6 is 0 Å². The molecule has 1 aromatic carbocycles. The molecule has 0 aliphatic rings. The largest absolute Gasteiger partial charge is 0.489 e. The average molecular weight is 262 g/mol. The van der Waals surface area contributed by atoms with Gasteiger partial charge in [0.25, 0.3) is 0 Å². The molecule has 0 heterocycles. The normalized spacial score (nSPS) is 12.0. The zero-order valence-electron chi connectivity index (χ0n) is 11.6. The van der Waals surface area contributed by atoms with Gasteiger partial charge in [0.2, 0.25) is 5.91 Å². The lowest BCUT2D eigenvalue weighted by Gasteiger charge is -2.14. The number of nitrogens with two attached hydrogens (primary N) is 1. The molecule has 0 aromatic heterocycles. The molecule has 0 unspecified atom stereocenters. The molecule has 0 saturated carbocycles. The summed E-state index contributed by atoms with van der Waals surface area (Å²) in [4.78, 5) is 11.9. The fourth-order valence-electron chi connectivity index (χ4n) is 1.67. The van der Waals surface area contributed by atoms with Gasteiger partial charge in [-0.2, -0.15) is 0 Å². The standard InChI is InChI=1S/C15H22N2O2/c1-4-8-19-13-7-5-6-12(10-13)17-15(18)14(16)9-11(2)3/h4-7,10-11,14H,1,8-9,16H2,2-3H3,(H,17,18)/t14-/m0/s1. The molecule has 1 rings (SSSR count). The van der Waals surface area contributed by atoms with Gasteiger partial charge in [0.05, 0.1) is 6.04 Å². The highest BCUT2D eigenvalue weighted by atomic mass is 16.5. The first-order valence-corrected chi connectivity index (χ1v) is 6.43. The van der Waals surface area contributed by atoms with Gasteiger partial charge in [-0.25, -0.2) is 0 Å². The minimum atomic E-state index is -0.488. The van der Waals surface area contributed by atoms with Crippen molar-refractivity contribution in [3.8, 4) is 5.75 Å². The first-order chi connectivity index (χ1) is 9.02. The fourth-order valence-corrected chi connectivity index (χ4v) is 1.67. The minimum Gasteiger partial charge on any atom is -0.489 e. The van der Waals surface area contributed by atoms with E-state index in [0.29, 0.717) is 30.4 Å². The summed E-state index contributed by atoms with van der Waals surface area (Å²) in [7, 11) is 0. The van der Waals surface area contributed by atoms with Gasteiger partial charge in [0.1, 0.15) is 12.4 Å². The molecular formula is C15H22N2O2. The Morgan fingerprint density at radius 2 is 2.26 bits per heavy atom. The molecule has 0 bridgehead atoms. The number of rotatable bonds is 7. The topological polar surface area (TPSA) is 64.3 Å². The number of hydrogen-bond acceptors (Lipinski definition) is 3. The second-order valence-electron chi connectivity index (χ2n) is 4.85. The van der Waals surface area contributed by atoms with Gasteiger partial charge in [-0.3, -0.25) is 4.79 Å². The molecule has 4 nitrogen and oxygen atoms in total. The van der Waals surface area contributed by atoms with Gasteiger partial charge >= 0.3 is 0 Å². The fraction of sp³-hybridized carbons (Fsp3) is 0.400. The number of anilines is 1. The maximum atomic E-state index is 11.9. The summed E-state index contributed by atoms with van der Waals surface area (Å²) in [6, 6.07) is 6.73. The van der Waals surface area contributed by atoms with Crippen molar-refractivity contribution in [2.45, 2.75) is 26.3 Å². The van der Waals surface area contributed by atoms with Crippen LogP contribution in [0, 0.1) is 5.92 Å². The van der Waals surface area contributed by atoms with Crippen molar-refractivity contribution in [3.05, 3.63) is 36.9 Å². The lowest BCUT2D eigenvalue weighted by atomic mass is 10.0. The molecule has 19 heavy (non-hydrogen) atoms. The number of ether oxygens (including phenoxy) is 1. The molecule has 0 spiro atoms. The Morgan fingerprint density at radius 1 is 1.53 bits per heavy atom. The van der Waals surface area contributed by atoms with Gasteiger partial charge in [-0.15, -0.1) is 0 Å². The third-order valence-corrected chi connectivity index (χ3v) is 2.53. The zero-order chi connectivity index (χ0) is 14.3. The summed E-state index contributed by atoms with van der Waals surface area (Å²) >= 11 is 0. The Balaban J connectivity index is 2.60. The summed E-state index contributed by atoms with van der Waals surface area (Å²) < 4.78 is 5.40. The van der Waals surface area contributed by atoms with Crippen LogP contribution in [-0.2, 0) is 4.79 Å². The van der Waals surface area contributed by atoms with E-state index in [4.69, 9.17) is 10.5 Å². The van der Waals surface area contributed by atoms with E-state index in [0.717, 1.165) is 0 Å². The first-order valence-electron chi connectivity index (χ1n) is 6.43. The highest BCUT2D eigenvalue weighted by Gasteiger charge is 2.15. The molecule has 1 aromatic rings. The van der Waals surface area contributed by atoms with E-state index in [1.165, 1.54) is 0 Å². The van der Waals surface area contributed by atoms with Crippen LogP contribution in [0.5, 0.6) is 5.75 Å². The van der Waals surface area contributed by atoms with E-state index in [-0.39, 0.29) is 5.91 Å². The van der Waals surface area contributed by atoms with Crippen LogP contribution in [0.1, 0.15) is 20.3 Å². The number of benzene rings is 1. The van der Waals surface area contributed by atoms with Crippen molar-refractivity contribution in [1.82, 2.24) is 0 Å². The molecule has 4 heteroatoms. The molecule has 0 fully saturated rings. The van der Waals surface area contributed by atoms with Crippen LogP contribution in [-0.4, -0.2) is 18.6 Å². The van der Waals surface area contributed by atoms with Crippen molar-refractivity contribution in [1.29, 1.82) is 0 Å². The lowest BCUT2D eigenvalue weighted by Crippen LogP contribution is -2.36. The minimum absolute atomic E-state index is 0.172. The van der Waals surface area contributed by atoms with E-state index in [9.17, 15) is 4.79 Å². The second kappa shape index (κ2) is 7.59. The van der Waals surface area contributed by atoms with Crippen molar-refractivity contribution >= 4 is 11.6 Å². The van der Waals surface area contributed by atoms with E-state index in [2.05, 4.69) is 11.9 Å². The maximum absolute atomic E-state index is 11.9. The Hall–Kier alpha value is -1.81. The summed E-state index contributed by atoms with van der Waals surface area (Å²) in [5.74, 6) is 0.910. The molecule has 1 atom stereocenters. The molecule has 0 radical (unpaired) electrons. The van der Waals surface area contributed by atoms with Gasteiger partial charge in [-0.05, 0) is 24.5 Å². The number of hydrogen-bond donors (Lipinski definition) is 2. The lowest BCUT2D eigenvalue weighted by molar-refractivity contribution is -0.117. The number of carbonyl (C=O) groups is 1. The third kappa shape index (κ3) is 5.57. The predicted molar refractivity (Wildman–Crippen MR) is 78.2 cm³/mol. The quantitative estimate of drug-likeness (QED) is 0.742. The molecule has 0 aliphatic heterocycles. The van der Waals surface area contributed by atoms with Crippen molar-refractivity contribution in [2.24, 2.45) is 11.7 Å². The average Bonchev–Trinajstić information content (AvgIpc) is 2.36. The van der Waals surface area contributed by atoms with Crippen LogP contribution in [0.15, 0.2) is 36.9 Å². The molecular weight excluding hydrogens is 240 g/mol. The van der Waals surface area contributed by atoms with E-state index in [1.807, 2.05) is 26.0 Å². The zero-order valence-corrected chi connectivity index (χ0v) is 11.6. The maximum Gasteiger partial charge on any atom is 0.241 e. The van der Waals surface area contributed by atoms with E-state index < -0.39 is 6.04 Å². The van der Waals surface area contributed by atoms with E-state index in [1.54, 1.807) is 18.2 Å². The number of carbonyl (C=O) groups excluding carboxylic acids is 1. The highest BCUT2D eigenvalue weighted by molar-refractivity contribution is 5.94. The molecule has 0 aliphatic carbocycles. The van der Waals surface area contributed by atoms with E-state index >= 15 is 0 Å². The third-order valence-electron chi connectivity index (χ3n) is 2.53. The smallest absolute Gasteiger partial charge is 0.241 e. The Bertz CT molecular complexity index is 430. The SMILES string of the molecule is C=CCOc1cccc(NC(=O)[C@@H](N)CC(C)C)c1. The Kier molecular flexibility index (Phi) is 6.09. The van der Waals surface area contributed by atoms with Gasteiger partial charge in [0, 0.05) is 11.8 Å². The highest BCUT2D eigenvalue weighted by Crippen LogP contribution is 2.17. The van der Waals surface area contributed by atoms with Crippen LogP contribution < -0.4 is 15.8 Å². The first kappa shape index (κ1) is 15.2. The molecule has 3 N–H and O–H groups in total. The Labute approximate surface area is 114 Å². The van der Waals surface area contributed by atoms with Gasteiger partial charge in [-0.1, -0.05) is 32.6 Å². The second-order valence-corrected chi connectivity index (χ2v) is 4.85. The predicted octanol–water partition coefficient (Wildman–Crippen LogP) is 2.56. The monoisotopic (exact) mass is 262 g/mol. The summed E-state index contributed by atoms with van der Waals surface area (Å²) in [6.07, 6.45) is 2.34.